The number of hydrogen-bond donors (Lipinski definition) is 2. The van der Waals surface area contributed by atoms with E-state index in [1.807, 2.05) is 23.1 Å². The van der Waals surface area contributed by atoms with Crippen molar-refractivity contribution in [3.05, 3.63) is 34.4 Å². The third-order valence-corrected chi connectivity index (χ3v) is 5.01. The number of benzene rings is 1. The van der Waals surface area contributed by atoms with Crippen LogP contribution in [0.25, 0.3) is 10.9 Å². The molecule has 3 rings (SSSR count). The lowest BCUT2D eigenvalue weighted by Gasteiger charge is -2.37. The third-order valence-electron chi connectivity index (χ3n) is 4.52. The normalized spacial score (nSPS) is 17.7. The highest BCUT2D eigenvalue weighted by Gasteiger charge is 2.31. The molecule has 0 radical (unpaired) electrons. The molecule has 7 heteroatoms. The van der Waals surface area contributed by atoms with E-state index < -0.39 is 12.0 Å². The summed E-state index contributed by atoms with van der Waals surface area (Å²) in [6, 6.07) is 7.34. The highest BCUT2D eigenvalue weighted by atomic mass is 79.9. The minimum Gasteiger partial charge on any atom is -0.480 e. The van der Waals surface area contributed by atoms with Crippen LogP contribution in [-0.4, -0.2) is 58.6 Å². The Morgan fingerprint density at radius 1 is 1.38 bits per heavy atom. The predicted molar refractivity (Wildman–Crippen MR) is 94.6 cm³/mol. The first-order valence-corrected chi connectivity index (χ1v) is 8.72. The third kappa shape index (κ3) is 3.46. The molecule has 1 fully saturated rings. The van der Waals surface area contributed by atoms with Crippen molar-refractivity contribution in [3.8, 4) is 6.07 Å². The molecule has 6 nitrogen and oxygen atoms in total. The lowest BCUT2D eigenvalue weighted by atomic mass is 10.0. The van der Waals surface area contributed by atoms with Gasteiger partial charge in [0.05, 0.1) is 6.07 Å². The second-order valence-corrected chi connectivity index (χ2v) is 6.88. The molecule has 1 aliphatic heterocycles. The number of fused-ring (bicyclic) bond motifs is 1. The van der Waals surface area contributed by atoms with E-state index >= 15 is 0 Å². The van der Waals surface area contributed by atoms with E-state index in [1.54, 1.807) is 6.20 Å². The number of carboxylic acid groups (broad SMARTS) is 1. The van der Waals surface area contributed by atoms with Crippen LogP contribution in [0.4, 0.5) is 0 Å². The Morgan fingerprint density at radius 2 is 2.12 bits per heavy atom. The molecule has 0 saturated carbocycles. The standard InChI is InChI=1S/C17H19BrN4O2/c18-12-2-3-13-14(11-20-15(13)10-12)16(17(23)24)22-8-6-21(7-9-22)5-1-4-19/h2-3,10-11,16,20H,1,5-9H2,(H,23,24)/t16-/m1/s1. The molecule has 1 aromatic heterocycles. The number of carbonyl (C=O) groups is 1. The highest BCUT2D eigenvalue weighted by Crippen LogP contribution is 2.31. The van der Waals surface area contributed by atoms with Crippen molar-refractivity contribution in [3.63, 3.8) is 0 Å². The number of carboxylic acids is 1. The van der Waals surface area contributed by atoms with Crippen LogP contribution in [-0.2, 0) is 4.79 Å². The molecule has 2 N–H and O–H groups in total. The van der Waals surface area contributed by atoms with Gasteiger partial charge in [-0.3, -0.25) is 14.6 Å². The maximum absolute atomic E-state index is 11.9. The van der Waals surface area contributed by atoms with Gasteiger partial charge >= 0.3 is 5.97 Å². The number of nitrogens with zero attached hydrogens (tertiary/aromatic N) is 3. The molecule has 1 aromatic carbocycles. The van der Waals surface area contributed by atoms with E-state index in [4.69, 9.17) is 5.26 Å². The van der Waals surface area contributed by atoms with Crippen molar-refractivity contribution >= 4 is 32.8 Å². The second kappa shape index (κ2) is 7.34. The number of piperazine rings is 1. The molecule has 0 amide bonds. The molecular weight excluding hydrogens is 372 g/mol. The highest BCUT2D eigenvalue weighted by molar-refractivity contribution is 9.10. The minimum absolute atomic E-state index is 0.514. The largest absolute Gasteiger partial charge is 0.480 e. The zero-order valence-corrected chi connectivity index (χ0v) is 14.8. The van der Waals surface area contributed by atoms with Crippen molar-refractivity contribution in [2.24, 2.45) is 0 Å². The smallest absolute Gasteiger partial charge is 0.325 e. The fourth-order valence-electron chi connectivity index (χ4n) is 3.29. The van der Waals surface area contributed by atoms with Crippen LogP contribution in [0.15, 0.2) is 28.9 Å². The number of hydrogen-bond acceptors (Lipinski definition) is 4. The van der Waals surface area contributed by atoms with Gasteiger partial charge < -0.3 is 10.1 Å². The Hall–Kier alpha value is -1.88. The van der Waals surface area contributed by atoms with Gasteiger partial charge in [0.1, 0.15) is 6.04 Å². The molecule has 0 bridgehead atoms. The number of rotatable bonds is 5. The first-order valence-electron chi connectivity index (χ1n) is 7.93. The Morgan fingerprint density at radius 3 is 2.79 bits per heavy atom. The fourth-order valence-corrected chi connectivity index (χ4v) is 3.65. The SMILES string of the molecule is N#CCCN1CCN([C@@H](C(=O)O)c2c[nH]c3cc(Br)ccc23)CC1. The molecule has 0 unspecified atom stereocenters. The van der Waals surface area contributed by atoms with Crippen LogP contribution in [0.1, 0.15) is 18.0 Å². The van der Waals surface area contributed by atoms with Gasteiger partial charge in [0.25, 0.3) is 0 Å². The number of nitrogens with one attached hydrogen (secondary N) is 1. The van der Waals surface area contributed by atoms with Crippen molar-refractivity contribution in [1.29, 1.82) is 5.26 Å². The van der Waals surface area contributed by atoms with Gasteiger partial charge in [-0.25, -0.2) is 0 Å². The van der Waals surface area contributed by atoms with E-state index in [0.29, 0.717) is 19.5 Å². The quantitative estimate of drug-likeness (QED) is 0.819. The van der Waals surface area contributed by atoms with Gasteiger partial charge in [-0.15, -0.1) is 0 Å². The van der Waals surface area contributed by atoms with Crippen LogP contribution >= 0.6 is 15.9 Å². The van der Waals surface area contributed by atoms with E-state index in [0.717, 1.165) is 40.6 Å². The summed E-state index contributed by atoms with van der Waals surface area (Å²) in [6.07, 6.45) is 2.32. The lowest BCUT2D eigenvalue weighted by Crippen LogP contribution is -2.49. The second-order valence-electron chi connectivity index (χ2n) is 5.96. The molecule has 2 aromatic rings. The number of aromatic amines is 1. The van der Waals surface area contributed by atoms with Gasteiger partial charge in [0.2, 0.25) is 0 Å². The topological polar surface area (TPSA) is 83.4 Å². The van der Waals surface area contributed by atoms with Crippen molar-refractivity contribution in [2.45, 2.75) is 12.5 Å². The van der Waals surface area contributed by atoms with Crippen molar-refractivity contribution < 1.29 is 9.90 Å². The summed E-state index contributed by atoms with van der Waals surface area (Å²) in [5.74, 6) is -0.829. The summed E-state index contributed by atoms with van der Waals surface area (Å²) in [5, 5.41) is 19.4. The van der Waals surface area contributed by atoms with Gasteiger partial charge in [-0.05, 0) is 12.1 Å². The summed E-state index contributed by atoms with van der Waals surface area (Å²) in [6.45, 7) is 3.71. The molecule has 24 heavy (non-hydrogen) atoms. The van der Waals surface area contributed by atoms with E-state index in [9.17, 15) is 9.90 Å². The van der Waals surface area contributed by atoms with E-state index in [-0.39, 0.29) is 0 Å². The monoisotopic (exact) mass is 390 g/mol. The number of nitriles is 1. The zero-order chi connectivity index (χ0) is 17.1. The maximum atomic E-state index is 11.9. The maximum Gasteiger partial charge on any atom is 0.325 e. The number of H-pyrrole nitrogens is 1. The van der Waals surface area contributed by atoms with Gasteiger partial charge in [-0.2, -0.15) is 5.26 Å². The Labute approximate surface area is 148 Å². The number of halogens is 1. The summed E-state index contributed by atoms with van der Waals surface area (Å²) in [4.78, 5) is 19.3. The van der Waals surface area contributed by atoms with Crippen LogP contribution in [0.5, 0.6) is 0 Å². The molecular formula is C17H19BrN4O2. The average molecular weight is 391 g/mol. The summed E-state index contributed by atoms with van der Waals surface area (Å²) in [5.41, 5.74) is 1.73. The molecule has 1 saturated heterocycles. The van der Waals surface area contributed by atoms with E-state index in [1.165, 1.54) is 0 Å². The summed E-state index contributed by atoms with van der Waals surface area (Å²) < 4.78 is 0.960. The molecule has 0 aliphatic carbocycles. The van der Waals surface area contributed by atoms with Crippen LogP contribution in [0.3, 0.4) is 0 Å². The first kappa shape index (κ1) is 17.0. The molecule has 126 valence electrons. The van der Waals surface area contributed by atoms with Gasteiger partial charge in [-0.1, -0.05) is 22.0 Å². The summed E-state index contributed by atoms with van der Waals surface area (Å²) >= 11 is 3.44. The van der Waals surface area contributed by atoms with Gasteiger partial charge in [0, 0.05) is 66.3 Å². The molecule has 1 aliphatic rings. The lowest BCUT2D eigenvalue weighted by molar-refractivity contribution is -0.144. The van der Waals surface area contributed by atoms with Gasteiger partial charge in [0.15, 0.2) is 0 Å². The van der Waals surface area contributed by atoms with Crippen molar-refractivity contribution in [1.82, 2.24) is 14.8 Å². The van der Waals surface area contributed by atoms with Crippen LogP contribution < -0.4 is 0 Å². The Kier molecular flexibility index (Phi) is 5.19. The number of aromatic nitrogens is 1. The van der Waals surface area contributed by atoms with E-state index in [2.05, 4.69) is 31.9 Å². The minimum atomic E-state index is -0.829. The fraction of sp³-hybridized carbons (Fsp3) is 0.412. The first-order chi connectivity index (χ1) is 11.6. The Bertz CT molecular complexity index is 774. The predicted octanol–water partition coefficient (Wildman–Crippen LogP) is 2.59. The average Bonchev–Trinajstić information content (AvgIpc) is 2.97. The molecule has 0 spiro atoms. The zero-order valence-electron chi connectivity index (χ0n) is 13.2. The molecule has 2 heterocycles. The Balaban J connectivity index is 1.81. The van der Waals surface area contributed by atoms with Crippen LogP contribution in [0, 0.1) is 11.3 Å². The summed E-state index contributed by atoms with van der Waals surface area (Å²) in [7, 11) is 0. The van der Waals surface area contributed by atoms with Crippen molar-refractivity contribution in [2.75, 3.05) is 32.7 Å². The van der Waals surface area contributed by atoms with Crippen LogP contribution in [0.2, 0.25) is 0 Å². The molecule has 1 atom stereocenters. The number of aliphatic carboxylic acids is 1.